The average molecular weight is 459 g/mol. The van der Waals surface area contributed by atoms with E-state index in [0.29, 0.717) is 6.42 Å². The highest BCUT2D eigenvalue weighted by molar-refractivity contribution is 5.90. The standard InChI is InChI=1S/C28H46N2O3/c1-11-22(28(8,9)21-15-13-12-14-16-21)25(32)29-24(27(5,6)7)26(33)30(10)23(19(2)3)17-20(4)18-31/h12-17,19,22-24,31H,11,18H2,1-10H3,(H,29,32)/b20-17+/t22-,23-,24+/m1/s1. The monoisotopic (exact) mass is 458 g/mol. The van der Waals surface area contributed by atoms with Crippen LogP contribution in [0, 0.1) is 17.3 Å². The van der Waals surface area contributed by atoms with E-state index in [1.807, 2.05) is 58.9 Å². The van der Waals surface area contributed by atoms with Gasteiger partial charge in [0.25, 0.3) is 0 Å². The predicted octanol–water partition coefficient (Wildman–Crippen LogP) is 4.94. The molecular weight excluding hydrogens is 412 g/mol. The smallest absolute Gasteiger partial charge is 0.245 e. The molecule has 0 aliphatic heterocycles. The maximum Gasteiger partial charge on any atom is 0.245 e. The Balaban J connectivity index is 3.25. The van der Waals surface area contributed by atoms with E-state index in [4.69, 9.17) is 0 Å². The Hall–Kier alpha value is -2.14. The van der Waals surface area contributed by atoms with Gasteiger partial charge in [-0.25, -0.2) is 0 Å². The topological polar surface area (TPSA) is 69.6 Å². The van der Waals surface area contributed by atoms with E-state index in [2.05, 4.69) is 45.1 Å². The number of carbonyl (C=O) groups excluding carboxylic acids is 2. The fourth-order valence-electron chi connectivity index (χ4n) is 4.43. The molecule has 0 saturated carbocycles. The molecule has 0 aliphatic carbocycles. The van der Waals surface area contributed by atoms with Crippen molar-refractivity contribution in [3.8, 4) is 0 Å². The lowest BCUT2D eigenvalue weighted by atomic mass is 9.71. The minimum atomic E-state index is -0.667. The zero-order valence-corrected chi connectivity index (χ0v) is 22.4. The normalized spacial score (nSPS) is 15.7. The Labute approximate surface area is 201 Å². The van der Waals surface area contributed by atoms with Crippen LogP contribution < -0.4 is 5.32 Å². The van der Waals surface area contributed by atoms with Crippen molar-refractivity contribution < 1.29 is 14.7 Å². The van der Waals surface area contributed by atoms with Crippen LogP contribution in [0.1, 0.15) is 74.3 Å². The number of benzene rings is 1. The molecular formula is C28H46N2O3. The second-order valence-electron chi connectivity index (χ2n) is 11.2. The molecule has 0 fully saturated rings. The van der Waals surface area contributed by atoms with Crippen molar-refractivity contribution in [3.63, 3.8) is 0 Å². The molecule has 0 spiro atoms. The zero-order valence-electron chi connectivity index (χ0n) is 22.4. The van der Waals surface area contributed by atoms with Gasteiger partial charge in [0.1, 0.15) is 6.04 Å². The number of hydrogen-bond acceptors (Lipinski definition) is 3. The molecule has 0 heterocycles. The third kappa shape index (κ3) is 7.43. The first-order valence-corrected chi connectivity index (χ1v) is 12.1. The highest BCUT2D eigenvalue weighted by Crippen LogP contribution is 2.34. The van der Waals surface area contributed by atoms with E-state index >= 15 is 0 Å². The first kappa shape index (κ1) is 28.9. The van der Waals surface area contributed by atoms with Crippen molar-refractivity contribution in [2.45, 2.75) is 86.2 Å². The molecule has 5 nitrogen and oxygen atoms in total. The van der Waals surface area contributed by atoms with Crippen LogP contribution in [0.2, 0.25) is 0 Å². The molecule has 5 heteroatoms. The molecule has 186 valence electrons. The lowest BCUT2D eigenvalue weighted by Crippen LogP contribution is -2.58. The van der Waals surface area contributed by atoms with Gasteiger partial charge in [0, 0.05) is 18.4 Å². The summed E-state index contributed by atoms with van der Waals surface area (Å²) < 4.78 is 0. The minimum Gasteiger partial charge on any atom is -0.392 e. The summed E-state index contributed by atoms with van der Waals surface area (Å²) in [6.45, 7) is 18.1. The summed E-state index contributed by atoms with van der Waals surface area (Å²) in [5, 5.41) is 12.6. The SMILES string of the molecule is CC[C@H](C(=O)N[C@@H](C(=O)N(C)[C@H](/C=C(\C)CO)C(C)C)C(C)(C)C)C(C)(C)c1ccccc1. The van der Waals surface area contributed by atoms with Crippen LogP contribution in [0.3, 0.4) is 0 Å². The fourth-order valence-corrected chi connectivity index (χ4v) is 4.43. The minimum absolute atomic E-state index is 0.0442. The summed E-state index contributed by atoms with van der Waals surface area (Å²) in [4.78, 5) is 29.0. The van der Waals surface area contributed by atoms with Crippen LogP contribution in [0.25, 0.3) is 0 Å². The van der Waals surface area contributed by atoms with Gasteiger partial charge in [-0.1, -0.05) is 97.4 Å². The predicted molar refractivity (Wildman–Crippen MR) is 137 cm³/mol. The second kappa shape index (κ2) is 11.8. The maximum absolute atomic E-state index is 13.7. The Morgan fingerprint density at radius 2 is 1.64 bits per heavy atom. The highest BCUT2D eigenvalue weighted by atomic mass is 16.3. The molecule has 0 radical (unpaired) electrons. The zero-order chi connectivity index (χ0) is 25.6. The van der Waals surface area contributed by atoms with Crippen LogP contribution in [0.4, 0.5) is 0 Å². The van der Waals surface area contributed by atoms with Crippen LogP contribution in [0.5, 0.6) is 0 Å². The van der Waals surface area contributed by atoms with E-state index in [1.165, 1.54) is 0 Å². The van der Waals surface area contributed by atoms with Crippen molar-refractivity contribution >= 4 is 11.8 Å². The molecule has 0 aliphatic rings. The summed E-state index contributed by atoms with van der Waals surface area (Å²) in [5.74, 6) is -0.336. The van der Waals surface area contributed by atoms with Gasteiger partial charge in [-0.3, -0.25) is 9.59 Å². The van der Waals surface area contributed by atoms with Crippen molar-refractivity contribution in [3.05, 3.63) is 47.5 Å². The molecule has 3 atom stereocenters. The first-order chi connectivity index (χ1) is 15.2. The van der Waals surface area contributed by atoms with Gasteiger partial charge in [0.15, 0.2) is 0 Å². The molecule has 0 bridgehead atoms. The van der Waals surface area contributed by atoms with E-state index in [1.54, 1.807) is 11.9 Å². The van der Waals surface area contributed by atoms with Gasteiger partial charge in [0.2, 0.25) is 11.8 Å². The van der Waals surface area contributed by atoms with E-state index in [0.717, 1.165) is 11.1 Å². The third-order valence-corrected chi connectivity index (χ3v) is 6.70. The van der Waals surface area contributed by atoms with Gasteiger partial charge in [-0.05, 0) is 30.2 Å². The number of nitrogens with zero attached hydrogens (tertiary/aromatic N) is 1. The Kier molecular flexibility index (Phi) is 10.4. The number of amides is 2. The summed E-state index contributed by atoms with van der Waals surface area (Å²) >= 11 is 0. The van der Waals surface area contributed by atoms with Gasteiger partial charge in [-0.2, -0.15) is 0 Å². The molecule has 0 saturated heterocycles. The van der Waals surface area contributed by atoms with Crippen molar-refractivity contribution in [2.75, 3.05) is 13.7 Å². The largest absolute Gasteiger partial charge is 0.392 e. The number of hydrogen-bond donors (Lipinski definition) is 2. The van der Waals surface area contributed by atoms with E-state index in [-0.39, 0.29) is 41.7 Å². The van der Waals surface area contributed by atoms with Gasteiger partial charge < -0.3 is 15.3 Å². The number of likely N-dealkylation sites (N-methyl/N-ethyl adjacent to an activating group) is 1. The van der Waals surface area contributed by atoms with Crippen LogP contribution in [-0.2, 0) is 15.0 Å². The van der Waals surface area contributed by atoms with E-state index in [9.17, 15) is 14.7 Å². The lowest BCUT2D eigenvalue weighted by Gasteiger charge is -2.40. The summed E-state index contributed by atoms with van der Waals surface area (Å²) in [5.41, 5.74) is 1.08. The third-order valence-electron chi connectivity index (χ3n) is 6.70. The lowest BCUT2D eigenvalue weighted by molar-refractivity contribution is -0.141. The average Bonchev–Trinajstić information content (AvgIpc) is 2.74. The van der Waals surface area contributed by atoms with Gasteiger partial charge in [-0.15, -0.1) is 0 Å². The Morgan fingerprint density at radius 3 is 2.06 bits per heavy atom. The molecule has 2 N–H and O–H groups in total. The summed E-state index contributed by atoms with van der Waals surface area (Å²) in [6, 6.07) is 9.23. The number of carbonyl (C=O) groups is 2. The number of aliphatic hydroxyl groups is 1. The Bertz CT molecular complexity index is 806. The van der Waals surface area contributed by atoms with Crippen molar-refractivity contribution in [1.82, 2.24) is 10.2 Å². The fraction of sp³-hybridized carbons (Fsp3) is 0.643. The Morgan fingerprint density at radius 1 is 1.09 bits per heavy atom. The number of aliphatic hydroxyl groups excluding tert-OH is 1. The number of nitrogens with one attached hydrogen (secondary N) is 1. The van der Waals surface area contributed by atoms with E-state index < -0.39 is 11.5 Å². The van der Waals surface area contributed by atoms with Crippen LogP contribution in [0.15, 0.2) is 42.0 Å². The molecule has 1 aromatic rings. The molecule has 1 rings (SSSR count). The summed E-state index contributed by atoms with van der Waals surface area (Å²) in [6.07, 6.45) is 2.61. The van der Waals surface area contributed by atoms with Crippen LogP contribution in [-0.4, -0.2) is 47.6 Å². The van der Waals surface area contributed by atoms with Crippen molar-refractivity contribution in [2.24, 2.45) is 17.3 Å². The first-order valence-electron chi connectivity index (χ1n) is 12.1. The molecule has 1 aromatic carbocycles. The van der Waals surface area contributed by atoms with Crippen molar-refractivity contribution in [1.29, 1.82) is 0 Å². The van der Waals surface area contributed by atoms with Gasteiger partial charge >= 0.3 is 0 Å². The second-order valence-corrected chi connectivity index (χ2v) is 11.2. The molecule has 2 amide bonds. The van der Waals surface area contributed by atoms with Gasteiger partial charge in [0.05, 0.1) is 12.6 Å². The molecule has 33 heavy (non-hydrogen) atoms. The molecule has 0 aromatic heterocycles. The van der Waals surface area contributed by atoms with Crippen LogP contribution >= 0.6 is 0 Å². The maximum atomic E-state index is 13.7. The summed E-state index contributed by atoms with van der Waals surface area (Å²) in [7, 11) is 1.78. The number of rotatable bonds is 10. The highest BCUT2D eigenvalue weighted by Gasteiger charge is 2.41. The quantitative estimate of drug-likeness (QED) is 0.488. The molecule has 0 unspecified atom stereocenters.